The summed E-state index contributed by atoms with van der Waals surface area (Å²) in [5.41, 5.74) is 1.23. The van der Waals surface area contributed by atoms with E-state index in [9.17, 15) is 18.0 Å². The van der Waals surface area contributed by atoms with E-state index in [4.69, 9.17) is 32.4 Å². The van der Waals surface area contributed by atoms with Crippen LogP contribution >= 0.6 is 8.53 Å². The van der Waals surface area contributed by atoms with Crippen molar-refractivity contribution in [1.82, 2.24) is 24.2 Å². The molecule has 3 aliphatic rings. The number of amides is 1. The first-order valence-electron chi connectivity index (χ1n) is 25.3. The summed E-state index contributed by atoms with van der Waals surface area (Å²) >= 11 is 0. The molecule has 5 aromatic carbocycles. The Balaban J connectivity index is 1.10. The Morgan fingerprint density at radius 1 is 0.803 bits per heavy atom. The monoisotopic (exact) mass is 1090 g/mol. The summed E-state index contributed by atoms with van der Waals surface area (Å²) in [6.45, 7) is 11.1. The molecule has 5 heterocycles. The van der Waals surface area contributed by atoms with E-state index < -0.39 is 74.5 Å². The van der Waals surface area contributed by atoms with Gasteiger partial charge in [-0.2, -0.15) is 0 Å². The van der Waals surface area contributed by atoms with E-state index in [1.54, 1.807) is 68.8 Å². The van der Waals surface area contributed by atoms with Crippen molar-refractivity contribution >= 4 is 49.6 Å². The summed E-state index contributed by atoms with van der Waals surface area (Å²) in [6.07, 6.45) is -2.05. The number of hydrogen-bond donors (Lipinski definition) is 2. The molecule has 76 heavy (non-hydrogen) atoms. The number of benzene rings is 5. The molecule has 3 saturated heterocycles. The molecule has 10 rings (SSSR count). The molecule has 7 aromatic rings. The highest BCUT2D eigenvalue weighted by Gasteiger charge is 2.57. The minimum absolute atomic E-state index is 0.0910. The predicted molar refractivity (Wildman–Crippen MR) is 292 cm³/mol. The number of hydrogen-bond acceptors (Lipinski definition) is 14. The number of ether oxygens (including phenoxy) is 4. The molecule has 0 spiro atoms. The molecule has 0 unspecified atom stereocenters. The summed E-state index contributed by atoms with van der Waals surface area (Å²) < 4.78 is 79.3. The van der Waals surface area contributed by atoms with E-state index >= 15 is 0 Å². The van der Waals surface area contributed by atoms with Crippen LogP contribution in [0.2, 0.25) is 18.1 Å². The maximum absolute atomic E-state index is 14.7. The van der Waals surface area contributed by atoms with Crippen molar-refractivity contribution in [1.29, 1.82) is 0 Å². The van der Waals surface area contributed by atoms with Gasteiger partial charge in [0.05, 0.1) is 37.6 Å². The van der Waals surface area contributed by atoms with Crippen molar-refractivity contribution < 1.29 is 45.6 Å². The first-order valence-corrected chi connectivity index (χ1v) is 31.0. The molecular formula is C56H63N6O11PSSi. The number of sulfone groups is 1. The number of nitrogens with zero attached hydrogens (tertiary/aromatic N) is 4. The van der Waals surface area contributed by atoms with E-state index in [1.165, 1.54) is 10.9 Å². The zero-order valence-electron chi connectivity index (χ0n) is 43.5. The molecule has 7 atom stereocenters. The van der Waals surface area contributed by atoms with Gasteiger partial charge in [0.1, 0.15) is 47.3 Å². The number of rotatable bonds is 18. The Hall–Kier alpha value is -6.12. The van der Waals surface area contributed by atoms with Crippen molar-refractivity contribution in [2.45, 2.75) is 98.9 Å². The van der Waals surface area contributed by atoms with Gasteiger partial charge in [-0.05, 0) is 96.2 Å². The molecule has 0 radical (unpaired) electrons. The summed E-state index contributed by atoms with van der Waals surface area (Å²) in [4.78, 5) is 40.4. The van der Waals surface area contributed by atoms with Crippen LogP contribution in [0.3, 0.4) is 0 Å². The highest BCUT2D eigenvalue weighted by Crippen LogP contribution is 2.59. The Bertz CT molecular complexity index is 3260. The van der Waals surface area contributed by atoms with Crippen LogP contribution < -0.4 is 20.5 Å². The fourth-order valence-corrected chi connectivity index (χ4v) is 14.9. The van der Waals surface area contributed by atoms with Crippen LogP contribution in [0.15, 0.2) is 156 Å². The van der Waals surface area contributed by atoms with Crippen LogP contribution in [0.4, 0.5) is 5.82 Å². The summed E-state index contributed by atoms with van der Waals surface area (Å²) in [6, 6.07) is 42.2. The molecule has 3 fully saturated rings. The molecule has 0 saturated carbocycles. The quantitative estimate of drug-likeness (QED) is 0.0468. The van der Waals surface area contributed by atoms with Gasteiger partial charge in [0.15, 0.2) is 35.8 Å². The molecular weight excluding hydrogens is 1020 g/mol. The Morgan fingerprint density at radius 3 is 2.00 bits per heavy atom. The number of carbonyl (C=O) groups excluding carboxylic acids is 1. The number of methoxy groups -OCH3 is 2. The van der Waals surface area contributed by atoms with Crippen molar-refractivity contribution in [3.05, 3.63) is 179 Å². The van der Waals surface area contributed by atoms with Crippen LogP contribution in [0.5, 0.6) is 11.5 Å². The van der Waals surface area contributed by atoms with Gasteiger partial charge in [0.25, 0.3) is 14.4 Å². The largest absolute Gasteiger partial charge is 0.497 e. The topological polar surface area (TPSA) is 195 Å². The van der Waals surface area contributed by atoms with E-state index in [2.05, 4.69) is 58.8 Å². The lowest BCUT2D eigenvalue weighted by molar-refractivity contribution is -0.0928. The zero-order chi connectivity index (χ0) is 53.4. The Labute approximate surface area is 444 Å². The number of imidazole rings is 1. The lowest BCUT2D eigenvalue weighted by atomic mass is 9.80. The van der Waals surface area contributed by atoms with Crippen molar-refractivity contribution in [3.63, 3.8) is 0 Å². The number of carbonyl (C=O) groups is 1. The number of fused-ring (bicyclic) bond motifs is 2. The Morgan fingerprint density at radius 2 is 1.39 bits per heavy atom. The van der Waals surface area contributed by atoms with Crippen LogP contribution in [-0.4, -0.2) is 110 Å². The zero-order valence-corrected chi connectivity index (χ0v) is 46.2. The number of H-pyrrole nitrogens is 1. The summed E-state index contributed by atoms with van der Waals surface area (Å²) in [5, 5.41) is 2.52. The van der Waals surface area contributed by atoms with Crippen molar-refractivity contribution in [3.8, 4) is 11.5 Å². The van der Waals surface area contributed by atoms with E-state index in [-0.39, 0.29) is 45.3 Å². The second-order valence-electron chi connectivity index (χ2n) is 20.7. The van der Waals surface area contributed by atoms with Gasteiger partial charge < -0.3 is 42.7 Å². The highest BCUT2D eigenvalue weighted by atomic mass is 32.2. The summed E-state index contributed by atoms with van der Waals surface area (Å²) in [7, 11) is -5.28. The minimum atomic E-state index is -3.76. The third-order valence-electron chi connectivity index (χ3n) is 15.0. The predicted octanol–water partition coefficient (Wildman–Crippen LogP) is 9.63. The van der Waals surface area contributed by atoms with Gasteiger partial charge in [-0.25, -0.2) is 32.4 Å². The fourth-order valence-electron chi connectivity index (χ4n) is 10.0. The molecule has 0 aliphatic carbocycles. The first kappa shape index (κ1) is 53.3. The molecule has 17 nitrogen and oxygen atoms in total. The van der Waals surface area contributed by atoms with E-state index in [0.29, 0.717) is 30.0 Å². The van der Waals surface area contributed by atoms with Crippen LogP contribution in [0.25, 0.3) is 11.2 Å². The molecule has 0 bridgehead atoms. The minimum Gasteiger partial charge on any atom is -0.497 e. The maximum atomic E-state index is 14.7. The summed E-state index contributed by atoms with van der Waals surface area (Å²) in [5.74, 6) is 0.740. The lowest BCUT2D eigenvalue weighted by Gasteiger charge is -2.41. The average Bonchev–Trinajstić information content (AvgIpc) is 4.22. The highest BCUT2D eigenvalue weighted by molar-refractivity contribution is 7.91. The molecule has 3 aliphatic heterocycles. The maximum Gasteiger partial charge on any atom is 0.330 e. The van der Waals surface area contributed by atoms with Gasteiger partial charge >= 0.3 is 5.69 Å². The second-order valence-corrected chi connectivity index (χ2v) is 28.9. The van der Waals surface area contributed by atoms with Crippen LogP contribution in [0, 0.1) is 0 Å². The Kier molecular flexibility index (Phi) is 15.2. The lowest BCUT2D eigenvalue weighted by Crippen LogP contribution is -2.50. The number of aromatic nitrogens is 4. The van der Waals surface area contributed by atoms with Gasteiger partial charge in [-0.15, -0.1) is 0 Å². The molecule has 20 heteroatoms. The molecule has 2 aromatic heterocycles. The van der Waals surface area contributed by atoms with Crippen molar-refractivity contribution in [2.24, 2.45) is 0 Å². The smallest absolute Gasteiger partial charge is 0.330 e. The first-order chi connectivity index (χ1) is 36.5. The van der Waals surface area contributed by atoms with Gasteiger partial charge in [-0.1, -0.05) is 112 Å². The second kappa shape index (κ2) is 21.7. The molecule has 398 valence electrons. The van der Waals surface area contributed by atoms with Crippen LogP contribution in [-0.2, 0) is 38.4 Å². The van der Waals surface area contributed by atoms with E-state index in [0.717, 1.165) is 23.1 Å². The fraction of sp³-hybridized carbons (Fsp3) is 0.357. The third kappa shape index (κ3) is 10.4. The molecule has 1 amide bonds. The van der Waals surface area contributed by atoms with Gasteiger partial charge in [0.2, 0.25) is 0 Å². The van der Waals surface area contributed by atoms with Gasteiger partial charge in [0, 0.05) is 18.2 Å². The number of nitrogens with one attached hydrogen (secondary N) is 2. The number of anilines is 1. The average molecular weight is 1090 g/mol. The molecule has 2 N–H and O–H groups in total. The normalized spacial score (nSPS) is 22.2. The van der Waals surface area contributed by atoms with Crippen LogP contribution in [0.1, 0.15) is 66.9 Å². The van der Waals surface area contributed by atoms with E-state index in [1.807, 2.05) is 84.9 Å². The number of aromatic amines is 1. The third-order valence-corrected chi connectivity index (χ3v) is 23.0. The van der Waals surface area contributed by atoms with Gasteiger partial charge in [-0.3, -0.25) is 4.79 Å². The van der Waals surface area contributed by atoms with Crippen molar-refractivity contribution in [2.75, 3.05) is 38.4 Å². The SMILES string of the molecule is COc1ccc(C(OC[C@H]2O[C@@H](n3c(=O)[nH]c4c(NC(=O)c5ccccc5)ncnc43)[C@H](O[Si](C)(C)C(C)(C)C)[C@@H]2O[P@]2O[C@H](CS(=O)(=O)c3ccccc3)[C@@H]3CCCN32)(c2ccccc2)c2ccc(OC)cc2)cc1. The standard InChI is InChI=1S/C56H63N6O11PSSi/c1-55(2,3)76(6,7)73-49-48(72-74-61-33-17-24-44(61)46(71-74)35-75(65,66)43-22-15-10-16-23-43)45(70-53(49)62-51-47(59-54(62)64)50(57-36-58-51)60-52(63)37-18-11-8-12-19-37)34-69-56(38-20-13-9-14-21-38,39-25-29-41(67-4)30-26-39)40-27-31-42(68-5)32-28-40/h8-16,18-23,25-32,36,44-46,48-49,53H,17,24,33-35H2,1-7H3,(H,59,64)(H,57,58,60,63)/t44-,45+,46+,48+,49+,53+,74-/m0/s1.